The summed E-state index contributed by atoms with van der Waals surface area (Å²) < 4.78 is 6.13. The Morgan fingerprint density at radius 1 is 0.966 bits per heavy atom. The minimum Gasteiger partial charge on any atom is -0.492 e. The maximum Gasteiger partial charge on any atom is 0.119 e. The summed E-state index contributed by atoms with van der Waals surface area (Å²) in [4.78, 5) is 9.64. The Labute approximate surface area is 174 Å². The van der Waals surface area contributed by atoms with Crippen molar-refractivity contribution in [1.82, 2.24) is 14.8 Å². The molecule has 1 aliphatic carbocycles. The molecule has 0 radical (unpaired) electrons. The van der Waals surface area contributed by atoms with E-state index in [1.54, 1.807) is 5.56 Å². The van der Waals surface area contributed by atoms with Crippen molar-refractivity contribution >= 4 is 0 Å². The van der Waals surface area contributed by atoms with Crippen LogP contribution in [-0.2, 0) is 25.8 Å². The molecule has 2 aromatic rings. The third-order valence-electron chi connectivity index (χ3n) is 6.94. The quantitative estimate of drug-likeness (QED) is 0.750. The fraction of sp³-hybridized carbons (Fsp3) is 0.560. The number of hydrogen-bond donors (Lipinski definition) is 0. The summed E-state index contributed by atoms with van der Waals surface area (Å²) in [5.41, 5.74) is 5.70. The maximum atomic E-state index is 6.13. The molecule has 1 saturated heterocycles. The summed E-state index contributed by atoms with van der Waals surface area (Å²) in [5, 5.41) is 0. The molecule has 1 unspecified atom stereocenters. The molecule has 1 atom stereocenters. The molecule has 1 aromatic carbocycles. The number of likely N-dealkylation sites (tertiary alicyclic amines) is 1. The minimum absolute atomic E-state index is 0.756. The highest BCUT2D eigenvalue weighted by Crippen LogP contribution is 2.30. The van der Waals surface area contributed by atoms with Gasteiger partial charge in [-0.2, -0.15) is 0 Å². The van der Waals surface area contributed by atoms with Gasteiger partial charge in [-0.25, -0.2) is 0 Å². The summed E-state index contributed by atoms with van der Waals surface area (Å²) in [6.45, 7) is 7.73. The molecular formula is C25H33N3O. The number of benzene rings is 1. The summed E-state index contributed by atoms with van der Waals surface area (Å²) in [5.74, 6) is 1.88. The van der Waals surface area contributed by atoms with Gasteiger partial charge in [0.05, 0.1) is 0 Å². The van der Waals surface area contributed by atoms with Crippen LogP contribution in [0.25, 0.3) is 0 Å². The molecule has 0 amide bonds. The molecule has 3 heterocycles. The fourth-order valence-electron chi connectivity index (χ4n) is 5.29. The third kappa shape index (κ3) is 4.65. The highest BCUT2D eigenvalue weighted by molar-refractivity contribution is 5.37. The standard InChI is InChI=1S/C25H33N3O/c1-2-12-27(11-1)18-20-5-6-22-17-24(8-7-21(22)16-20)29-15-14-28-13-9-25-23(19-28)4-3-10-26-25/h3-4,7-8,10,17,20H,1-2,5-6,9,11-16,18-19H2. The predicted molar refractivity (Wildman–Crippen MR) is 116 cm³/mol. The lowest BCUT2D eigenvalue weighted by atomic mass is 9.83. The Balaban J connectivity index is 1.11. The molecule has 0 saturated carbocycles. The topological polar surface area (TPSA) is 28.6 Å². The van der Waals surface area contributed by atoms with Crippen LogP contribution >= 0.6 is 0 Å². The molecule has 2 aliphatic heterocycles. The maximum absolute atomic E-state index is 6.13. The number of hydrogen-bond acceptors (Lipinski definition) is 4. The van der Waals surface area contributed by atoms with Crippen molar-refractivity contribution in [1.29, 1.82) is 0 Å². The average molecular weight is 392 g/mol. The molecule has 4 heteroatoms. The van der Waals surface area contributed by atoms with Gasteiger partial charge in [0.15, 0.2) is 0 Å². The van der Waals surface area contributed by atoms with E-state index in [1.165, 1.54) is 68.6 Å². The second-order valence-electron chi connectivity index (χ2n) is 9.03. The van der Waals surface area contributed by atoms with E-state index in [1.807, 2.05) is 12.3 Å². The van der Waals surface area contributed by atoms with Crippen LogP contribution in [-0.4, -0.2) is 54.1 Å². The van der Waals surface area contributed by atoms with E-state index in [0.717, 1.165) is 44.3 Å². The average Bonchev–Trinajstić information content (AvgIpc) is 3.27. The van der Waals surface area contributed by atoms with Crippen LogP contribution in [0.5, 0.6) is 5.75 Å². The zero-order valence-electron chi connectivity index (χ0n) is 17.5. The molecule has 0 spiro atoms. The molecule has 4 nitrogen and oxygen atoms in total. The molecule has 0 bridgehead atoms. The van der Waals surface area contributed by atoms with Gasteiger partial charge in [0.1, 0.15) is 12.4 Å². The van der Waals surface area contributed by atoms with Gasteiger partial charge < -0.3 is 9.64 Å². The molecular weight excluding hydrogens is 358 g/mol. The number of rotatable bonds is 6. The molecule has 29 heavy (non-hydrogen) atoms. The molecule has 3 aliphatic rings. The molecule has 154 valence electrons. The Bertz CT molecular complexity index is 831. The van der Waals surface area contributed by atoms with Crippen molar-refractivity contribution in [3.63, 3.8) is 0 Å². The third-order valence-corrected chi connectivity index (χ3v) is 6.94. The monoisotopic (exact) mass is 391 g/mol. The molecule has 0 N–H and O–H groups in total. The van der Waals surface area contributed by atoms with Crippen molar-refractivity contribution in [2.24, 2.45) is 5.92 Å². The van der Waals surface area contributed by atoms with E-state index in [4.69, 9.17) is 4.74 Å². The van der Waals surface area contributed by atoms with E-state index < -0.39 is 0 Å². The van der Waals surface area contributed by atoms with E-state index >= 15 is 0 Å². The van der Waals surface area contributed by atoms with Crippen LogP contribution in [0.15, 0.2) is 36.5 Å². The first-order valence-corrected chi connectivity index (χ1v) is 11.5. The first kappa shape index (κ1) is 19.1. The van der Waals surface area contributed by atoms with E-state index in [2.05, 4.69) is 39.0 Å². The second kappa shape index (κ2) is 8.85. The SMILES string of the molecule is c1cnc2c(c1)CN(CCOc1ccc3c(c1)CCC(CN1CCCC1)C3)CC2. The van der Waals surface area contributed by atoms with E-state index in [0.29, 0.717) is 0 Å². The van der Waals surface area contributed by atoms with Gasteiger partial charge in [-0.15, -0.1) is 0 Å². The largest absolute Gasteiger partial charge is 0.492 e. The van der Waals surface area contributed by atoms with Gasteiger partial charge in [0, 0.05) is 44.5 Å². The van der Waals surface area contributed by atoms with Crippen molar-refractivity contribution in [3.8, 4) is 5.75 Å². The Morgan fingerprint density at radius 3 is 2.83 bits per heavy atom. The number of nitrogens with zero attached hydrogens (tertiary/aromatic N) is 3. The number of aryl methyl sites for hydroxylation is 1. The van der Waals surface area contributed by atoms with Gasteiger partial charge in [-0.1, -0.05) is 12.1 Å². The van der Waals surface area contributed by atoms with E-state index in [-0.39, 0.29) is 0 Å². The zero-order valence-corrected chi connectivity index (χ0v) is 17.5. The first-order chi connectivity index (χ1) is 14.3. The van der Waals surface area contributed by atoms with Gasteiger partial charge in [0.25, 0.3) is 0 Å². The van der Waals surface area contributed by atoms with Crippen molar-refractivity contribution in [2.75, 3.05) is 39.3 Å². The van der Waals surface area contributed by atoms with Crippen LogP contribution in [0.2, 0.25) is 0 Å². The van der Waals surface area contributed by atoms with Gasteiger partial charge in [0.2, 0.25) is 0 Å². The lowest BCUT2D eigenvalue weighted by Gasteiger charge is -2.29. The van der Waals surface area contributed by atoms with Crippen LogP contribution in [0, 0.1) is 5.92 Å². The molecule has 1 aromatic heterocycles. The summed E-state index contributed by atoms with van der Waals surface area (Å²) in [6, 6.07) is 11.1. The number of pyridine rings is 1. The highest BCUT2D eigenvalue weighted by Gasteiger charge is 2.23. The number of ether oxygens (including phenoxy) is 1. The molecule has 5 rings (SSSR count). The number of aromatic nitrogens is 1. The smallest absolute Gasteiger partial charge is 0.119 e. The van der Waals surface area contributed by atoms with Gasteiger partial charge >= 0.3 is 0 Å². The second-order valence-corrected chi connectivity index (χ2v) is 9.03. The van der Waals surface area contributed by atoms with Crippen LogP contribution in [0.3, 0.4) is 0 Å². The summed E-state index contributed by atoms with van der Waals surface area (Å²) in [6.07, 6.45) is 9.52. The Kier molecular flexibility index (Phi) is 5.82. The molecule has 1 fully saturated rings. The minimum atomic E-state index is 0.756. The predicted octanol–water partition coefficient (Wildman–Crippen LogP) is 3.72. The van der Waals surface area contributed by atoms with Crippen molar-refractivity contribution in [3.05, 3.63) is 58.9 Å². The normalized spacial score (nSPS) is 22.3. The van der Waals surface area contributed by atoms with Crippen molar-refractivity contribution in [2.45, 2.75) is 45.1 Å². The summed E-state index contributed by atoms with van der Waals surface area (Å²) in [7, 11) is 0. The lowest BCUT2D eigenvalue weighted by molar-refractivity contribution is 0.195. The zero-order chi connectivity index (χ0) is 19.5. The highest BCUT2D eigenvalue weighted by atomic mass is 16.5. The fourth-order valence-corrected chi connectivity index (χ4v) is 5.29. The van der Waals surface area contributed by atoms with Gasteiger partial charge in [-0.3, -0.25) is 9.88 Å². The Morgan fingerprint density at radius 2 is 1.90 bits per heavy atom. The van der Waals surface area contributed by atoms with Crippen LogP contribution in [0.4, 0.5) is 0 Å². The van der Waals surface area contributed by atoms with Crippen molar-refractivity contribution < 1.29 is 4.74 Å². The van der Waals surface area contributed by atoms with Gasteiger partial charge in [-0.05, 0) is 86.0 Å². The van der Waals surface area contributed by atoms with Crippen LogP contribution in [0.1, 0.15) is 41.6 Å². The first-order valence-electron chi connectivity index (χ1n) is 11.5. The number of fused-ring (bicyclic) bond motifs is 2. The van der Waals surface area contributed by atoms with Crippen LogP contribution < -0.4 is 4.74 Å². The lowest BCUT2D eigenvalue weighted by Crippen LogP contribution is -2.34. The Hall–Kier alpha value is -1.91. The summed E-state index contributed by atoms with van der Waals surface area (Å²) >= 11 is 0. The van der Waals surface area contributed by atoms with E-state index in [9.17, 15) is 0 Å².